The van der Waals surface area contributed by atoms with E-state index < -0.39 is 0 Å². The molecule has 0 fully saturated rings. The van der Waals surface area contributed by atoms with Crippen molar-refractivity contribution in [2.75, 3.05) is 5.32 Å². The topological polar surface area (TPSA) is 72.7 Å². The third-order valence-electron chi connectivity index (χ3n) is 2.99. The molecule has 2 aromatic carbocycles. The van der Waals surface area contributed by atoms with Crippen molar-refractivity contribution >= 4 is 34.8 Å². The molecular formula is C15H11Cl2N5O. The molecule has 0 bridgehead atoms. The van der Waals surface area contributed by atoms with Crippen molar-refractivity contribution in [2.45, 2.75) is 6.54 Å². The van der Waals surface area contributed by atoms with Gasteiger partial charge in [-0.3, -0.25) is 4.79 Å². The maximum atomic E-state index is 12.0. The SMILES string of the molecule is O=C(Cn1nnc(-c2ccc(Cl)cc2)n1)Nc1ccccc1Cl. The van der Waals surface area contributed by atoms with Gasteiger partial charge >= 0.3 is 0 Å². The lowest BCUT2D eigenvalue weighted by Crippen LogP contribution is -2.20. The lowest BCUT2D eigenvalue weighted by atomic mass is 10.2. The van der Waals surface area contributed by atoms with Gasteiger partial charge in [-0.2, -0.15) is 4.80 Å². The first kappa shape index (κ1) is 15.5. The number of rotatable bonds is 4. The summed E-state index contributed by atoms with van der Waals surface area (Å²) in [5.41, 5.74) is 1.31. The van der Waals surface area contributed by atoms with Crippen molar-refractivity contribution in [1.29, 1.82) is 0 Å². The average molecular weight is 348 g/mol. The van der Waals surface area contributed by atoms with Crippen molar-refractivity contribution in [1.82, 2.24) is 20.2 Å². The first-order valence-corrected chi connectivity index (χ1v) is 7.45. The van der Waals surface area contributed by atoms with Crippen LogP contribution < -0.4 is 5.32 Å². The summed E-state index contributed by atoms with van der Waals surface area (Å²) in [6.07, 6.45) is 0. The molecule has 0 saturated carbocycles. The molecule has 3 aromatic rings. The summed E-state index contributed by atoms with van der Waals surface area (Å²) in [6, 6.07) is 14.0. The van der Waals surface area contributed by atoms with Gasteiger partial charge < -0.3 is 5.32 Å². The van der Waals surface area contributed by atoms with Gasteiger partial charge in [-0.05, 0) is 41.6 Å². The Labute approximate surface area is 142 Å². The van der Waals surface area contributed by atoms with Crippen LogP contribution in [0, 0.1) is 0 Å². The van der Waals surface area contributed by atoms with Crippen LogP contribution in [0.5, 0.6) is 0 Å². The van der Waals surface area contributed by atoms with Gasteiger partial charge in [-0.25, -0.2) is 0 Å². The highest BCUT2D eigenvalue weighted by Crippen LogP contribution is 2.20. The van der Waals surface area contributed by atoms with Crippen molar-refractivity contribution in [3.63, 3.8) is 0 Å². The molecule has 0 unspecified atom stereocenters. The van der Waals surface area contributed by atoms with Crippen LogP contribution in [0.1, 0.15) is 0 Å². The molecule has 116 valence electrons. The molecule has 3 rings (SSSR count). The van der Waals surface area contributed by atoms with Gasteiger partial charge in [0.15, 0.2) is 0 Å². The zero-order valence-electron chi connectivity index (χ0n) is 11.8. The molecule has 1 heterocycles. The standard InChI is InChI=1S/C15H11Cl2N5O/c16-11-7-5-10(6-8-11)15-19-21-22(20-15)9-14(23)18-13-4-2-1-3-12(13)17/h1-8H,9H2,(H,18,23). The number of hydrogen-bond acceptors (Lipinski definition) is 4. The minimum absolute atomic E-state index is 0.0637. The maximum Gasteiger partial charge on any atom is 0.248 e. The Morgan fingerprint density at radius 3 is 2.57 bits per heavy atom. The highest BCUT2D eigenvalue weighted by molar-refractivity contribution is 6.33. The third kappa shape index (κ3) is 3.85. The Morgan fingerprint density at radius 1 is 1.09 bits per heavy atom. The molecule has 0 saturated heterocycles. The minimum atomic E-state index is -0.293. The van der Waals surface area contributed by atoms with Gasteiger partial charge in [0.25, 0.3) is 0 Å². The normalized spacial score (nSPS) is 10.5. The summed E-state index contributed by atoms with van der Waals surface area (Å²) < 4.78 is 0. The summed E-state index contributed by atoms with van der Waals surface area (Å²) in [6.45, 7) is -0.0637. The van der Waals surface area contributed by atoms with Gasteiger partial charge in [-0.15, -0.1) is 10.2 Å². The predicted octanol–water partition coefficient (Wildman–Crippen LogP) is 3.29. The Balaban J connectivity index is 1.68. The fourth-order valence-electron chi connectivity index (χ4n) is 1.91. The second kappa shape index (κ2) is 6.76. The van der Waals surface area contributed by atoms with Gasteiger partial charge in [0.1, 0.15) is 6.54 Å². The Hall–Kier alpha value is -2.44. The minimum Gasteiger partial charge on any atom is -0.323 e. The third-order valence-corrected chi connectivity index (χ3v) is 3.57. The predicted molar refractivity (Wildman–Crippen MR) is 88.3 cm³/mol. The Morgan fingerprint density at radius 2 is 1.83 bits per heavy atom. The monoisotopic (exact) mass is 347 g/mol. The number of carbonyl (C=O) groups excluding carboxylic acids is 1. The van der Waals surface area contributed by atoms with Crippen LogP contribution in [-0.2, 0) is 11.3 Å². The summed E-state index contributed by atoms with van der Waals surface area (Å²) in [7, 11) is 0. The van der Waals surface area contributed by atoms with Crippen molar-refractivity contribution in [3.8, 4) is 11.4 Å². The van der Waals surface area contributed by atoms with Crippen molar-refractivity contribution in [3.05, 3.63) is 58.6 Å². The molecule has 6 nitrogen and oxygen atoms in total. The molecule has 1 amide bonds. The van der Waals surface area contributed by atoms with E-state index in [1.165, 1.54) is 4.80 Å². The van der Waals surface area contributed by atoms with E-state index in [1.54, 1.807) is 48.5 Å². The molecule has 0 spiro atoms. The number of carbonyl (C=O) groups is 1. The lowest BCUT2D eigenvalue weighted by Gasteiger charge is -2.05. The molecule has 23 heavy (non-hydrogen) atoms. The highest BCUT2D eigenvalue weighted by atomic mass is 35.5. The number of anilines is 1. The average Bonchev–Trinajstić information content (AvgIpc) is 2.98. The number of tetrazole rings is 1. The number of aromatic nitrogens is 4. The molecule has 0 atom stereocenters. The molecule has 0 radical (unpaired) electrons. The summed E-state index contributed by atoms with van der Waals surface area (Å²) in [5.74, 6) is 0.130. The maximum absolute atomic E-state index is 12.0. The fourth-order valence-corrected chi connectivity index (χ4v) is 2.21. The van der Waals surface area contributed by atoms with Crippen LogP contribution in [0.4, 0.5) is 5.69 Å². The Kier molecular flexibility index (Phi) is 4.55. The number of hydrogen-bond donors (Lipinski definition) is 1. The largest absolute Gasteiger partial charge is 0.323 e. The lowest BCUT2D eigenvalue weighted by molar-refractivity contribution is -0.117. The van der Waals surface area contributed by atoms with Crippen molar-refractivity contribution in [2.24, 2.45) is 0 Å². The molecule has 0 aliphatic rings. The Bertz CT molecular complexity index is 832. The molecular weight excluding hydrogens is 337 g/mol. The number of nitrogens with zero attached hydrogens (tertiary/aromatic N) is 4. The van der Waals surface area contributed by atoms with Gasteiger partial charge in [0.05, 0.1) is 10.7 Å². The van der Waals surface area contributed by atoms with Crippen LogP contribution in [0.15, 0.2) is 48.5 Å². The number of para-hydroxylation sites is 1. The number of amides is 1. The van der Waals surface area contributed by atoms with E-state index >= 15 is 0 Å². The number of nitrogens with one attached hydrogen (secondary N) is 1. The molecule has 0 aliphatic heterocycles. The van der Waals surface area contributed by atoms with E-state index in [2.05, 4.69) is 20.7 Å². The van der Waals surface area contributed by atoms with E-state index in [0.29, 0.717) is 21.6 Å². The molecule has 1 N–H and O–H groups in total. The second-order valence-electron chi connectivity index (χ2n) is 4.68. The van der Waals surface area contributed by atoms with Gasteiger partial charge in [0, 0.05) is 10.6 Å². The van der Waals surface area contributed by atoms with E-state index in [4.69, 9.17) is 23.2 Å². The van der Waals surface area contributed by atoms with Gasteiger partial charge in [-0.1, -0.05) is 35.3 Å². The summed E-state index contributed by atoms with van der Waals surface area (Å²) in [5, 5.41) is 15.8. The summed E-state index contributed by atoms with van der Waals surface area (Å²) in [4.78, 5) is 13.2. The second-order valence-corrected chi connectivity index (χ2v) is 5.52. The molecule has 8 heteroatoms. The summed E-state index contributed by atoms with van der Waals surface area (Å²) >= 11 is 11.8. The van der Waals surface area contributed by atoms with Crippen LogP contribution in [0.3, 0.4) is 0 Å². The fraction of sp³-hybridized carbons (Fsp3) is 0.0667. The van der Waals surface area contributed by atoms with Crippen LogP contribution >= 0.6 is 23.2 Å². The van der Waals surface area contributed by atoms with E-state index in [9.17, 15) is 4.79 Å². The van der Waals surface area contributed by atoms with Crippen molar-refractivity contribution < 1.29 is 4.79 Å². The van der Waals surface area contributed by atoms with Crippen LogP contribution in [-0.4, -0.2) is 26.1 Å². The zero-order chi connectivity index (χ0) is 16.2. The van der Waals surface area contributed by atoms with Crippen LogP contribution in [0.2, 0.25) is 10.0 Å². The quantitative estimate of drug-likeness (QED) is 0.785. The first-order valence-electron chi connectivity index (χ1n) is 6.70. The van der Waals surface area contributed by atoms with Crippen LogP contribution in [0.25, 0.3) is 11.4 Å². The first-order chi connectivity index (χ1) is 11.1. The number of halogens is 2. The number of benzene rings is 2. The van der Waals surface area contributed by atoms with E-state index in [1.807, 2.05) is 0 Å². The van der Waals surface area contributed by atoms with E-state index in [-0.39, 0.29) is 12.5 Å². The van der Waals surface area contributed by atoms with Gasteiger partial charge in [0.2, 0.25) is 11.7 Å². The highest BCUT2D eigenvalue weighted by Gasteiger charge is 2.10. The smallest absolute Gasteiger partial charge is 0.248 e. The molecule has 1 aromatic heterocycles. The molecule has 0 aliphatic carbocycles. The van der Waals surface area contributed by atoms with E-state index in [0.717, 1.165) is 5.56 Å². The zero-order valence-corrected chi connectivity index (χ0v) is 13.3.